The molecule has 1 unspecified atom stereocenters. The van der Waals surface area contributed by atoms with Gasteiger partial charge in [-0.25, -0.2) is 0 Å². The Morgan fingerprint density at radius 3 is 2.84 bits per heavy atom. The molecule has 1 fully saturated rings. The van der Waals surface area contributed by atoms with Gasteiger partial charge in [0.25, 0.3) is 0 Å². The number of carbonyl (C=O) groups excluding carboxylic acids is 1. The number of thiophene rings is 1. The van der Waals surface area contributed by atoms with Crippen molar-refractivity contribution in [1.29, 1.82) is 0 Å². The van der Waals surface area contributed by atoms with Crippen molar-refractivity contribution in [1.82, 2.24) is 0 Å². The van der Waals surface area contributed by atoms with E-state index in [0.717, 1.165) is 22.4 Å². The van der Waals surface area contributed by atoms with Crippen LogP contribution in [-0.4, -0.2) is 25.4 Å². The van der Waals surface area contributed by atoms with Crippen molar-refractivity contribution in [2.24, 2.45) is 11.1 Å². The SMILES string of the molecule is COC(=O)CC1(CSC(CN)c2ccc(Br)s2)CC1. The lowest BCUT2D eigenvalue weighted by atomic mass is 10.1. The Kier molecular flexibility index (Phi) is 5.34. The van der Waals surface area contributed by atoms with Crippen LogP contribution in [-0.2, 0) is 9.53 Å². The van der Waals surface area contributed by atoms with Gasteiger partial charge in [0, 0.05) is 17.2 Å². The van der Waals surface area contributed by atoms with Gasteiger partial charge >= 0.3 is 5.97 Å². The van der Waals surface area contributed by atoms with E-state index in [4.69, 9.17) is 10.5 Å². The number of thioether (sulfide) groups is 1. The molecule has 0 spiro atoms. The summed E-state index contributed by atoms with van der Waals surface area (Å²) in [7, 11) is 1.46. The Bertz CT molecular complexity index is 446. The lowest BCUT2D eigenvalue weighted by Crippen LogP contribution is -2.16. The Morgan fingerprint density at radius 2 is 2.37 bits per heavy atom. The van der Waals surface area contributed by atoms with Gasteiger partial charge in [0.15, 0.2) is 0 Å². The standard InChI is InChI=1S/C13H18BrNO2S2/c1-17-12(16)6-13(4-5-13)8-18-10(7-15)9-2-3-11(14)19-9/h2-3,10H,4-8,15H2,1H3. The first kappa shape index (κ1) is 15.4. The third-order valence-corrected chi connectivity index (χ3v) is 6.93. The summed E-state index contributed by atoms with van der Waals surface area (Å²) < 4.78 is 5.91. The first-order chi connectivity index (χ1) is 9.08. The number of carbonyl (C=O) groups is 1. The molecular formula is C13H18BrNO2S2. The second kappa shape index (κ2) is 6.61. The van der Waals surface area contributed by atoms with E-state index in [1.54, 1.807) is 11.3 Å². The predicted octanol–water partition coefficient (Wildman–Crippen LogP) is 3.59. The number of nitrogens with two attached hydrogens (primary N) is 1. The van der Waals surface area contributed by atoms with E-state index in [0.29, 0.717) is 18.2 Å². The van der Waals surface area contributed by atoms with Crippen LogP contribution in [0.25, 0.3) is 0 Å². The van der Waals surface area contributed by atoms with Crippen molar-refractivity contribution in [3.05, 3.63) is 20.8 Å². The summed E-state index contributed by atoms with van der Waals surface area (Å²) >= 11 is 7.08. The summed E-state index contributed by atoms with van der Waals surface area (Å²) in [5.74, 6) is 0.890. The van der Waals surface area contributed by atoms with Gasteiger partial charge in [-0.1, -0.05) is 0 Å². The second-order valence-electron chi connectivity index (χ2n) is 4.93. The van der Waals surface area contributed by atoms with Gasteiger partial charge in [0.05, 0.1) is 22.6 Å². The molecule has 0 bridgehead atoms. The molecule has 2 rings (SSSR count). The number of esters is 1. The minimum Gasteiger partial charge on any atom is -0.469 e. The fourth-order valence-corrected chi connectivity index (χ4v) is 5.06. The number of hydrogen-bond donors (Lipinski definition) is 1. The van der Waals surface area contributed by atoms with Crippen molar-refractivity contribution in [3.8, 4) is 0 Å². The minimum absolute atomic E-state index is 0.0960. The summed E-state index contributed by atoms with van der Waals surface area (Å²) in [4.78, 5) is 12.7. The summed E-state index contributed by atoms with van der Waals surface area (Å²) in [5.41, 5.74) is 6.04. The zero-order valence-corrected chi connectivity index (χ0v) is 14.1. The molecule has 0 saturated heterocycles. The van der Waals surface area contributed by atoms with Crippen LogP contribution in [0.5, 0.6) is 0 Å². The van der Waals surface area contributed by atoms with Gasteiger partial charge in [-0.05, 0) is 46.3 Å². The molecule has 19 heavy (non-hydrogen) atoms. The molecule has 1 atom stereocenters. The second-order valence-corrected chi connectivity index (χ2v) is 8.62. The summed E-state index contributed by atoms with van der Waals surface area (Å²) in [6.07, 6.45) is 2.79. The molecule has 0 aliphatic heterocycles. The summed E-state index contributed by atoms with van der Waals surface area (Å²) in [6.45, 7) is 0.631. The minimum atomic E-state index is -0.0960. The molecule has 0 amide bonds. The highest BCUT2D eigenvalue weighted by molar-refractivity contribution is 9.11. The third-order valence-electron chi connectivity index (χ3n) is 3.42. The number of hydrogen-bond acceptors (Lipinski definition) is 5. The average Bonchev–Trinajstić information content (AvgIpc) is 3.02. The Labute approximate surface area is 130 Å². The van der Waals surface area contributed by atoms with Crippen LogP contribution in [0.3, 0.4) is 0 Å². The molecule has 1 heterocycles. The zero-order chi connectivity index (χ0) is 13.9. The Balaban J connectivity index is 1.88. The maximum Gasteiger partial charge on any atom is 0.306 e. The fourth-order valence-electron chi connectivity index (χ4n) is 1.97. The molecule has 0 aromatic carbocycles. The fraction of sp³-hybridized carbons (Fsp3) is 0.615. The van der Waals surface area contributed by atoms with Gasteiger partial charge in [0.1, 0.15) is 0 Å². The predicted molar refractivity (Wildman–Crippen MR) is 84.6 cm³/mol. The molecule has 1 aromatic heterocycles. The van der Waals surface area contributed by atoms with E-state index in [9.17, 15) is 4.79 Å². The van der Waals surface area contributed by atoms with Crippen LogP contribution in [0.1, 0.15) is 29.4 Å². The first-order valence-electron chi connectivity index (χ1n) is 6.22. The largest absolute Gasteiger partial charge is 0.469 e. The molecule has 6 heteroatoms. The molecule has 106 valence electrons. The molecule has 2 N–H and O–H groups in total. The van der Waals surface area contributed by atoms with Gasteiger partial charge in [0.2, 0.25) is 0 Å². The highest BCUT2D eigenvalue weighted by Gasteiger charge is 2.44. The number of halogens is 1. The van der Waals surface area contributed by atoms with Gasteiger partial charge in [-0.3, -0.25) is 4.79 Å². The van der Waals surface area contributed by atoms with Crippen LogP contribution in [0.15, 0.2) is 15.9 Å². The van der Waals surface area contributed by atoms with E-state index in [2.05, 4.69) is 28.1 Å². The van der Waals surface area contributed by atoms with Gasteiger partial charge in [-0.2, -0.15) is 11.8 Å². The molecule has 0 radical (unpaired) electrons. The van der Waals surface area contributed by atoms with E-state index >= 15 is 0 Å². The highest BCUT2D eigenvalue weighted by atomic mass is 79.9. The monoisotopic (exact) mass is 363 g/mol. The lowest BCUT2D eigenvalue weighted by Gasteiger charge is -2.18. The Morgan fingerprint density at radius 1 is 1.63 bits per heavy atom. The molecule has 3 nitrogen and oxygen atoms in total. The van der Waals surface area contributed by atoms with Crippen LogP contribution in [0.4, 0.5) is 0 Å². The smallest absolute Gasteiger partial charge is 0.306 e. The molecule has 1 aromatic rings. The average molecular weight is 364 g/mol. The highest BCUT2D eigenvalue weighted by Crippen LogP contribution is 2.53. The molecule has 1 aliphatic carbocycles. The van der Waals surface area contributed by atoms with Crippen molar-refractivity contribution in [2.75, 3.05) is 19.4 Å². The van der Waals surface area contributed by atoms with Crippen molar-refractivity contribution in [2.45, 2.75) is 24.5 Å². The van der Waals surface area contributed by atoms with Crippen molar-refractivity contribution in [3.63, 3.8) is 0 Å². The van der Waals surface area contributed by atoms with Crippen molar-refractivity contribution < 1.29 is 9.53 Å². The number of ether oxygens (including phenoxy) is 1. The summed E-state index contributed by atoms with van der Waals surface area (Å²) in [5, 5.41) is 0.325. The quantitative estimate of drug-likeness (QED) is 0.752. The molecule has 1 saturated carbocycles. The van der Waals surface area contributed by atoms with Crippen LogP contribution in [0.2, 0.25) is 0 Å². The normalized spacial score (nSPS) is 18.1. The van der Waals surface area contributed by atoms with Crippen LogP contribution >= 0.6 is 39.0 Å². The maximum absolute atomic E-state index is 11.4. The zero-order valence-electron chi connectivity index (χ0n) is 10.9. The molecular weight excluding hydrogens is 346 g/mol. The van der Waals surface area contributed by atoms with E-state index < -0.39 is 0 Å². The topological polar surface area (TPSA) is 52.3 Å². The van der Waals surface area contributed by atoms with Crippen LogP contribution < -0.4 is 5.73 Å². The van der Waals surface area contributed by atoms with E-state index in [-0.39, 0.29) is 11.4 Å². The Hall–Kier alpha value is -0.0400. The first-order valence-corrected chi connectivity index (χ1v) is 8.88. The number of rotatable bonds is 7. The van der Waals surface area contributed by atoms with Crippen molar-refractivity contribution >= 4 is 45.0 Å². The van der Waals surface area contributed by atoms with Gasteiger partial charge < -0.3 is 10.5 Å². The summed E-state index contributed by atoms with van der Waals surface area (Å²) in [6, 6.07) is 4.18. The lowest BCUT2D eigenvalue weighted by molar-refractivity contribution is -0.141. The van der Waals surface area contributed by atoms with E-state index in [1.165, 1.54) is 12.0 Å². The maximum atomic E-state index is 11.4. The number of methoxy groups -OCH3 is 1. The molecule has 1 aliphatic rings. The van der Waals surface area contributed by atoms with E-state index in [1.807, 2.05) is 11.8 Å². The van der Waals surface area contributed by atoms with Crippen LogP contribution in [0, 0.1) is 5.41 Å². The third kappa shape index (κ3) is 4.21. The van der Waals surface area contributed by atoms with Gasteiger partial charge in [-0.15, -0.1) is 11.3 Å².